The molecule has 242 valence electrons. The molecule has 0 atom stereocenters. The minimum absolute atomic E-state index is 1.11. The van der Waals surface area contributed by atoms with E-state index in [1.54, 1.807) is 0 Å². The lowest BCUT2D eigenvalue weighted by Gasteiger charge is -2.25. The molecule has 0 saturated heterocycles. The molecule has 4 nitrogen and oxygen atoms in total. The molecule has 2 bridgehead atoms. The quantitative estimate of drug-likeness (QED) is 0.183. The van der Waals surface area contributed by atoms with E-state index in [-0.39, 0.29) is 0 Å². The highest BCUT2D eigenvalue weighted by molar-refractivity contribution is 6.26. The van der Waals surface area contributed by atoms with Gasteiger partial charge in [-0.2, -0.15) is 0 Å². The van der Waals surface area contributed by atoms with Gasteiger partial charge in [-0.1, -0.05) is 84.9 Å². The van der Waals surface area contributed by atoms with Crippen LogP contribution < -0.4 is 4.90 Å². The van der Waals surface area contributed by atoms with E-state index in [0.29, 0.717) is 0 Å². The third-order valence-corrected chi connectivity index (χ3v) is 11.1. The first kappa shape index (κ1) is 27.7. The summed E-state index contributed by atoms with van der Waals surface area (Å²) < 4.78 is 7.46. The fourth-order valence-corrected chi connectivity index (χ4v) is 9.02. The molecule has 0 saturated carbocycles. The van der Waals surface area contributed by atoms with Crippen molar-refractivity contribution >= 4 is 93.5 Å². The van der Waals surface area contributed by atoms with Crippen LogP contribution in [0.1, 0.15) is 0 Å². The number of aromatic nitrogens is 3. The predicted octanol–water partition coefficient (Wildman–Crippen LogP) is 12.8. The van der Waals surface area contributed by atoms with Crippen LogP contribution in [0, 0.1) is 0 Å². The summed E-state index contributed by atoms with van der Waals surface area (Å²) in [4.78, 5) is 2.32. The van der Waals surface area contributed by atoms with Crippen LogP contribution >= 0.6 is 0 Å². The molecule has 0 aliphatic rings. The van der Waals surface area contributed by atoms with Crippen LogP contribution in [0.5, 0.6) is 0 Å². The van der Waals surface area contributed by atoms with Crippen molar-refractivity contribution in [1.82, 2.24) is 13.4 Å². The van der Waals surface area contributed by atoms with Crippen molar-refractivity contribution in [1.29, 1.82) is 0 Å². The third-order valence-electron chi connectivity index (χ3n) is 11.1. The highest BCUT2D eigenvalue weighted by Crippen LogP contribution is 2.44. The lowest BCUT2D eigenvalue weighted by atomic mass is 10.1. The lowest BCUT2D eigenvalue weighted by molar-refractivity contribution is 1.17. The Labute approximate surface area is 298 Å². The van der Waals surface area contributed by atoms with Crippen LogP contribution in [-0.2, 0) is 0 Å². The number of fused-ring (bicyclic) bond motifs is 8. The van der Waals surface area contributed by atoms with Crippen LogP contribution in [-0.4, -0.2) is 13.4 Å². The average molecular weight is 663 g/mol. The molecule has 4 heterocycles. The first-order chi connectivity index (χ1) is 25.8. The van der Waals surface area contributed by atoms with Crippen molar-refractivity contribution < 1.29 is 0 Å². The Kier molecular flexibility index (Phi) is 5.47. The van der Waals surface area contributed by atoms with Gasteiger partial charge in [-0.05, 0) is 97.1 Å². The summed E-state index contributed by atoms with van der Waals surface area (Å²) in [6, 6.07) is 66.5. The molecule has 0 aliphatic heterocycles. The number of hydrogen-bond acceptors (Lipinski definition) is 1. The van der Waals surface area contributed by atoms with Crippen LogP contribution in [0.15, 0.2) is 182 Å². The van der Waals surface area contributed by atoms with E-state index < -0.39 is 0 Å². The summed E-state index contributed by atoms with van der Waals surface area (Å²) in [6.45, 7) is 0. The predicted molar refractivity (Wildman–Crippen MR) is 219 cm³/mol. The van der Waals surface area contributed by atoms with Gasteiger partial charge in [-0.25, -0.2) is 0 Å². The Morgan fingerprint density at radius 3 is 1.23 bits per heavy atom. The van der Waals surface area contributed by atoms with Crippen molar-refractivity contribution in [2.75, 3.05) is 4.90 Å². The van der Waals surface area contributed by atoms with Gasteiger partial charge in [-0.15, -0.1) is 0 Å². The molecule has 0 N–H and O–H groups in total. The SMILES string of the molecule is c1ccc(N(c2ccccc2)c2ccc(-n3c4cccc5c4c4c3cccc4n3c4ccccc4c4cc6c7ccccc7n5c6cc43)cc2)cc1. The second-order valence-corrected chi connectivity index (χ2v) is 13.8. The zero-order valence-electron chi connectivity index (χ0n) is 28.1. The van der Waals surface area contributed by atoms with Gasteiger partial charge < -0.3 is 18.3 Å². The topological polar surface area (TPSA) is 17.0 Å². The van der Waals surface area contributed by atoms with Gasteiger partial charge in [0, 0.05) is 55.1 Å². The van der Waals surface area contributed by atoms with Gasteiger partial charge in [0.2, 0.25) is 0 Å². The number of rotatable bonds is 4. The first-order valence-corrected chi connectivity index (χ1v) is 17.9. The molecule has 0 radical (unpaired) electrons. The zero-order valence-corrected chi connectivity index (χ0v) is 28.1. The fourth-order valence-electron chi connectivity index (χ4n) is 9.02. The maximum Gasteiger partial charge on any atom is 0.0563 e. The van der Waals surface area contributed by atoms with Crippen molar-refractivity contribution in [2.45, 2.75) is 0 Å². The smallest absolute Gasteiger partial charge is 0.0563 e. The Bertz CT molecular complexity index is 3130. The number of nitrogens with zero attached hydrogens (tertiary/aromatic N) is 4. The van der Waals surface area contributed by atoms with E-state index in [2.05, 4.69) is 200 Å². The van der Waals surface area contributed by atoms with E-state index in [9.17, 15) is 0 Å². The van der Waals surface area contributed by atoms with Gasteiger partial charge in [0.05, 0.1) is 44.1 Å². The number of hydrogen-bond donors (Lipinski definition) is 0. The normalized spacial score (nSPS) is 12.2. The molecule has 12 rings (SSSR count). The summed E-state index contributed by atoms with van der Waals surface area (Å²) in [5.74, 6) is 0. The van der Waals surface area contributed by atoms with E-state index in [4.69, 9.17) is 0 Å². The molecule has 0 fully saturated rings. The van der Waals surface area contributed by atoms with Crippen LogP contribution in [0.4, 0.5) is 17.1 Å². The van der Waals surface area contributed by atoms with Crippen molar-refractivity contribution in [2.24, 2.45) is 0 Å². The van der Waals surface area contributed by atoms with Gasteiger partial charge >= 0.3 is 0 Å². The van der Waals surface area contributed by atoms with Crippen LogP contribution in [0.25, 0.3) is 82.1 Å². The summed E-state index contributed by atoms with van der Waals surface area (Å²) in [5, 5.41) is 7.61. The molecule has 0 spiro atoms. The molecule has 8 aromatic carbocycles. The molecule has 52 heavy (non-hydrogen) atoms. The molecular formula is C48H30N4. The first-order valence-electron chi connectivity index (χ1n) is 17.9. The molecule has 0 aliphatic carbocycles. The van der Waals surface area contributed by atoms with Gasteiger partial charge in [0.1, 0.15) is 0 Å². The van der Waals surface area contributed by atoms with Gasteiger partial charge in [0.15, 0.2) is 0 Å². The Hall–Kier alpha value is -7.04. The minimum Gasteiger partial charge on any atom is -0.311 e. The molecule has 0 amide bonds. The van der Waals surface area contributed by atoms with E-state index in [1.165, 1.54) is 76.5 Å². The summed E-state index contributed by atoms with van der Waals surface area (Å²) in [5.41, 5.74) is 14.2. The Morgan fingerprint density at radius 1 is 0.288 bits per heavy atom. The number of para-hydroxylation sites is 4. The highest BCUT2D eigenvalue weighted by Gasteiger charge is 2.22. The minimum atomic E-state index is 1.11. The lowest BCUT2D eigenvalue weighted by Crippen LogP contribution is -2.09. The second-order valence-electron chi connectivity index (χ2n) is 13.8. The molecule has 0 unspecified atom stereocenters. The van der Waals surface area contributed by atoms with Crippen LogP contribution in [0.3, 0.4) is 0 Å². The monoisotopic (exact) mass is 662 g/mol. The summed E-state index contributed by atoms with van der Waals surface area (Å²) >= 11 is 0. The summed E-state index contributed by atoms with van der Waals surface area (Å²) in [6.07, 6.45) is 0. The zero-order chi connectivity index (χ0) is 33.9. The molecule has 4 heteroatoms. The number of benzene rings is 8. The molecule has 12 aromatic rings. The average Bonchev–Trinajstić information content (AvgIpc) is 3.84. The summed E-state index contributed by atoms with van der Waals surface area (Å²) in [7, 11) is 0. The largest absolute Gasteiger partial charge is 0.311 e. The standard InChI is InChI=1S/C48H30N4/c1-3-13-31(14-4-1)49(32-15-5-2-6-16-32)33-25-27-34(28-26-33)50-41-21-11-23-43-47(41)48-42(50)22-12-24-44(48)52-40-20-10-8-18-36(40)38-29-37-35-17-7-9-19-39(35)51(43)45(37)30-46(38)52/h1-30H. The Balaban J connectivity index is 1.22. The van der Waals surface area contributed by atoms with Crippen molar-refractivity contribution in [3.05, 3.63) is 182 Å². The van der Waals surface area contributed by atoms with E-state index in [0.717, 1.165) is 22.7 Å². The van der Waals surface area contributed by atoms with Crippen LogP contribution in [0.2, 0.25) is 0 Å². The highest BCUT2D eigenvalue weighted by atomic mass is 15.1. The Morgan fingerprint density at radius 2 is 0.712 bits per heavy atom. The maximum atomic E-state index is 2.50. The van der Waals surface area contributed by atoms with E-state index >= 15 is 0 Å². The third kappa shape index (κ3) is 3.60. The molecular weight excluding hydrogens is 633 g/mol. The van der Waals surface area contributed by atoms with Gasteiger partial charge in [0.25, 0.3) is 0 Å². The van der Waals surface area contributed by atoms with E-state index in [1.807, 2.05) is 0 Å². The maximum absolute atomic E-state index is 2.50. The number of anilines is 3. The van der Waals surface area contributed by atoms with Crippen molar-refractivity contribution in [3.8, 4) is 5.69 Å². The second kappa shape index (κ2) is 10.3. The molecule has 4 aromatic heterocycles. The van der Waals surface area contributed by atoms with Crippen molar-refractivity contribution in [3.63, 3.8) is 0 Å². The van der Waals surface area contributed by atoms with Gasteiger partial charge in [-0.3, -0.25) is 0 Å². The fraction of sp³-hybridized carbons (Fsp3) is 0.